The fourth-order valence-corrected chi connectivity index (χ4v) is 2.65. The topological polar surface area (TPSA) is 165 Å². The molecule has 1 rings (SSSR count). The van der Waals surface area contributed by atoms with E-state index in [4.69, 9.17) is 15.9 Å². The van der Waals surface area contributed by atoms with Gasteiger partial charge in [0.2, 0.25) is 11.8 Å². The van der Waals surface area contributed by atoms with E-state index in [1.165, 1.54) is 0 Å². The third kappa shape index (κ3) is 6.80. The average Bonchev–Trinajstić information content (AvgIpc) is 2.55. The first-order chi connectivity index (χ1) is 10.9. The summed E-state index contributed by atoms with van der Waals surface area (Å²) in [6.45, 7) is -0.993. The van der Waals surface area contributed by atoms with Crippen LogP contribution in [0.1, 0.15) is 19.3 Å². The summed E-state index contributed by atoms with van der Waals surface area (Å²) in [6.07, 6.45) is -0.810. The van der Waals surface area contributed by atoms with E-state index in [0.29, 0.717) is 19.3 Å². The van der Waals surface area contributed by atoms with Crippen molar-refractivity contribution in [1.29, 1.82) is 0 Å². The number of hydrogen-bond donors (Lipinski definition) is 7. The van der Waals surface area contributed by atoms with Crippen LogP contribution >= 0.6 is 0 Å². The summed E-state index contributed by atoms with van der Waals surface area (Å²) in [5.41, 5.74) is 5.92. The third-order valence-electron chi connectivity index (χ3n) is 3.93. The zero-order valence-electron chi connectivity index (χ0n) is 13.0. The summed E-state index contributed by atoms with van der Waals surface area (Å²) in [7, 11) is 0. The molecule has 4 unspecified atom stereocenters. The Balaban J connectivity index is 2.50. The summed E-state index contributed by atoms with van der Waals surface area (Å²) in [4.78, 5) is 24.2. The number of aliphatic hydroxyl groups excluding tert-OH is 4. The van der Waals surface area contributed by atoms with Gasteiger partial charge in [-0.15, -0.1) is 0 Å². The van der Waals surface area contributed by atoms with E-state index in [0.717, 1.165) is 0 Å². The molecule has 1 fully saturated rings. The number of amides is 2. The van der Waals surface area contributed by atoms with Gasteiger partial charge in [0.15, 0.2) is 0 Å². The van der Waals surface area contributed by atoms with Crippen molar-refractivity contribution in [2.45, 2.75) is 37.5 Å². The second kappa shape index (κ2) is 9.78. The van der Waals surface area contributed by atoms with Crippen LogP contribution in [0.4, 0.5) is 0 Å². The smallest absolute Gasteiger partial charge is 0.223 e. The molecule has 0 heterocycles. The van der Waals surface area contributed by atoms with Crippen LogP contribution in [0.25, 0.3) is 0 Å². The minimum Gasteiger partial charge on any atom is -0.394 e. The number of nitrogens with two attached hydrogens (primary N) is 1. The fraction of sp³-hybridized carbons (Fsp3) is 0.857. The number of carbonyl (C=O) groups excluding carboxylic acids is 2. The standard InChI is InChI=1S/C14H27N3O6/c15-10-2-8(13(22)16-4-11(20)6-18)1-9(3-10)14(23)17-5-12(21)7-19/h8-12,18-21H,1-7,15H2,(H,16,22)(H,17,23). The van der Waals surface area contributed by atoms with E-state index in [2.05, 4.69) is 10.6 Å². The lowest BCUT2D eigenvalue weighted by Crippen LogP contribution is -2.47. The molecule has 0 aromatic heterocycles. The molecule has 0 radical (unpaired) electrons. The van der Waals surface area contributed by atoms with Crippen LogP contribution in [0.5, 0.6) is 0 Å². The van der Waals surface area contributed by atoms with Crippen molar-refractivity contribution >= 4 is 11.8 Å². The molecule has 9 heteroatoms. The highest BCUT2D eigenvalue weighted by atomic mass is 16.3. The molecule has 0 aliphatic heterocycles. The van der Waals surface area contributed by atoms with Crippen molar-refractivity contribution in [3.8, 4) is 0 Å². The average molecular weight is 333 g/mol. The van der Waals surface area contributed by atoms with Gasteiger partial charge in [-0.1, -0.05) is 0 Å². The molecular weight excluding hydrogens is 306 g/mol. The van der Waals surface area contributed by atoms with Gasteiger partial charge in [-0.2, -0.15) is 0 Å². The maximum atomic E-state index is 12.1. The molecular formula is C14H27N3O6. The zero-order valence-corrected chi connectivity index (χ0v) is 13.0. The maximum Gasteiger partial charge on any atom is 0.223 e. The van der Waals surface area contributed by atoms with Crippen molar-refractivity contribution in [2.24, 2.45) is 17.6 Å². The zero-order chi connectivity index (χ0) is 17.4. The molecule has 4 atom stereocenters. The van der Waals surface area contributed by atoms with Crippen molar-refractivity contribution in [1.82, 2.24) is 10.6 Å². The van der Waals surface area contributed by atoms with Crippen LogP contribution in [-0.2, 0) is 9.59 Å². The number of carbonyl (C=O) groups is 2. The second-order valence-corrected chi connectivity index (χ2v) is 6.02. The molecule has 9 nitrogen and oxygen atoms in total. The largest absolute Gasteiger partial charge is 0.394 e. The molecule has 23 heavy (non-hydrogen) atoms. The van der Waals surface area contributed by atoms with Crippen molar-refractivity contribution in [2.75, 3.05) is 26.3 Å². The number of hydrogen-bond acceptors (Lipinski definition) is 7. The summed E-state index contributed by atoms with van der Waals surface area (Å²) < 4.78 is 0. The van der Waals surface area contributed by atoms with E-state index < -0.39 is 37.3 Å². The van der Waals surface area contributed by atoms with Crippen LogP contribution in [0.3, 0.4) is 0 Å². The van der Waals surface area contributed by atoms with Crippen molar-refractivity contribution in [3.05, 3.63) is 0 Å². The van der Waals surface area contributed by atoms with Crippen LogP contribution < -0.4 is 16.4 Å². The molecule has 0 spiro atoms. The lowest BCUT2D eigenvalue weighted by atomic mass is 9.78. The predicted molar refractivity (Wildman–Crippen MR) is 81.0 cm³/mol. The van der Waals surface area contributed by atoms with E-state index in [-0.39, 0.29) is 30.9 Å². The monoisotopic (exact) mass is 333 g/mol. The summed E-state index contributed by atoms with van der Waals surface area (Å²) >= 11 is 0. The van der Waals surface area contributed by atoms with Gasteiger partial charge in [-0.3, -0.25) is 9.59 Å². The van der Waals surface area contributed by atoms with E-state index in [1.807, 2.05) is 0 Å². The Kier molecular flexibility index (Phi) is 8.42. The van der Waals surface area contributed by atoms with Crippen molar-refractivity contribution in [3.63, 3.8) is 0 Å². The summed E-state index contributed by atoms with van der Waals surface area (Å²) in [5, 5.41) is 41.0. The van der Waals surface area contributed by atoms with Gasteiger partial charge >= 0.3 is 0 Å². The molecule has 2 amide bonds. The highest BCUT2D eigenvalue weighted by molar-refractivity contribution is 5.82. The van der Waals surface area contributed by atoms with E-state index in [1.54, 1.807) is 0 Å². The molecule has 134 valence electrons. The highest BCUT2D eigenvalue weighted by Crippen LogP contribution is 2.28. The van der Waals surface area contributed by atoms with Gasteiger partial charge < -0.3 is 36.8 Å². The first-order valence-corrected chi connectivity index (χ1v) is 7.76. The predicted octanol–water partition coefficient (Wildman–Crippen LogP) is -3.33. The van der Waals surface area contributed by atoms with Gasteiger partial charge in [0.05, 0.1) is 25.4 Å². The molecule has 0 aromatic rings. The minimum absolute atomic E-state index is 0.0549. The lowest BCUT2D eigenvalue weighted by molar-refractivity contribution is -0.131. The molecule has 1 saturated carbocycles. The minimum atomic E-state index is -1.02. The SMILES string of the molecule is NC1CC(C(=O)NCC(O)CO)CC(C(=O)NCC(O)CO)C1. The third-order valence-corrected chi connectivity index (χ3v) is 3.93. The Bertz CT molecular complexity index is 361. The first-order valence-electron chi connectivity index (χ1n) is 7.76. The fourth-order valence-electron chi connectivity index (χ4n) is 2.65. The molecule has 8 N–H and O–H groups in total. The normalized spacial score (nSPS) is 27.1. The molecule has 0 aromatic carbocycles. The number of aliphatic hydroxyl groups is 4. The van der Waals surface area contributed by atoms with Crippen LogP contribution in [0.15, 0.2) is 0 Å². The van der Waals surface area contributed by atoms with Crippen molar-refractivity contribution < 1.29 is 30.0 Å². The summed E-state index contributed by atoms with van der Waals surface area (Å²) in [6, 6.07) is -0.291. The molecule has 0 bridgehead atoms. The lowest BCUT2D eigenvalue weighted by Gasteiger charge is -2.32. The first kappa shape index (κ1) is 19.8. The molecule has 1 aliphatic carbocycles. The van der Waals surface area contributed by atoms with Gasteiger partial charge in [-0.05, 0) is 19.3 Å². The molecule has 0 saturated heterocycles. The van der Waals surface area contributed by atoms with Crippen LogP contribution in [-0.4, -0.2) is 76.8 Å². The van der Waals surface area contributed by atoms with Gasteiger partial charge in [-0.25, -0.2) is 0 Å². The quantitative estimate of drug-likeness (QED) is 0.244. The maximum absolute atomic E-state index is 12.1. The Hall–Kier alpha value is -1.26. The van der Waals surface area contributed by atoms with E-state index in [9.17, 15) is 19.8 Å². The van der Waals surface area contributed by atoms with Gasteiger partial charge in [0.25, 0.3) is 0 Å². The Morgan fingerprint density at radius 3 is 1.65 bits per heavy atom. The second-order valence-electron chi connectivity index (χ2n) is 6.02. The number of nitrogens with one attached hydrogen (secondary N) is 2. The van der Waals surface area contributed by atoms with Crippen LogP contribution in [0.2, 0.25) is 0 Å². The highest BCUT2D eigenvalue weighted by Gasteiger charge is 2.34. The van der Waals surface area contributed by atoms with Crippen LogP contribution in [0, 0.1) is 11.8 Å². The Morgan fingerprint density at radius 2 is 1.30 bits per heavy atom. The Labute approximate surface area is 134 Å². The van der Waals surface area contributed by atoms with Gasteiger partial charge in [0.1, 0.15) is 0 Å². The number of rotatable bonds is 8. The summed E-state index contributed by atoms with van der Waals surface area (Å²) in [5.74, 6) is -1.49. The Morgan fingerprint density at radius 1 is 0.913 bits per heavy atom. The molecule has 1 aliphatic rings. The van der Waals surface area contributed by atoms with E-state index >= 15 is 0 Å². The van der Waals surface area contributed by atoms with Gasteiger partial charge in [0, 0.05) is 31.0 Å².